The molecule has 2 aromatic heterocycles. The second kappa shape index (κ2) is 7.98. The number of aliphatic hydroxyl groups is 1. The number of imidazole rings is 1. The normalized spacial score (nSPS) is 17.6. The SMILES string of the molecule is CSc1nc(N2CCOCC2CO)cc(-n2c(C(F)F)nc3ccccc32)n1. The zero-order valence-corrected chi connectivity index (χ0v) is 15.9. The first-order valence-corrected chi connectivity index (χ1v) is 9.99. The van der Waals surface area contributed by atoms with Crippen LogP contribution in [0.2, 0.25) is 0 Å². The molecule has 1 aliphatic heterocycles. The molecule has 1 atom stereocenters. The van der Waals surface area contributed by atoms with Crippen LogP contribution in [0.25, 0.3) is 16.9 Å². The first kappa shape index (κ1) is 19.0. The van der Waals surface area contributed by atoms with Crippen LogP contribution in [0, 0.1) is 0 Å². The fourth-order valence-electron chi connectivity index (χ4n) is 3.29. The van der Waals surface area contributed by atoms with Crippen LogP contribution in [0.3, 0.4) is 0 Å². The predicted octanol–water partition coefficient (Wildman–Crippen LogP) is 2.67. The molecule has 4 rings (SSSR count). The van der Waals surface area contributed by atoms with Gasteiger partial charge in [0.1, 0.15) is 11.6 Å². The number of alkyl halides is 2. The summed E-state index contributed by atoms with van der Waals surface area (Å²) >= 11 is 1.32. The number of nitrogens with zero attached hydrogens (tertiary/aromatic N) is 5. The number of thioether (sulfide) groups is 1. The number of benzene rings is 1. The topological polar surface area (TPSA) is 76.3 Å². The third-order valence-corrected chi connectivity index (χ3v) is 5.15. The van der Waals surface area contributed by atoms with E-state index in [1.165, 1.54) is 16.3 Å². The van der Waals surface area contributed by atoms with E-state index >= 15 is 0 Å². The molecule has 1 aliphatic rings. The molecule has 7 nitrogen and oxygen atoms in total. The Bertz CT molecular complexity index is 984. The third-order valence-electron chi connectivity index (χ3n) is 4.60. The Labute approximate surface area is 164 Å². The molecule has 1 fully saturated rings. The largest absolute Gasteiger partial charge is 0.394 e. The number of halogens is 2. The number of anilines is 1. The quantitative estimate of drug-likeness (QED) is 0.515. The molecule has 1 saturated heterocycles. The van der Waals surface area contributed by atoms with Gasteiger partial charge in [0.15, 0.2) is 11.0 Å². The average molecular weight is 407 g/mol. The minimum Gasteiger partial charge on any atom is -0.394 e. The van der Waals surface area contributed by atoms with Crippen molar-refractivity contribution in [2.24, 2.45) is 0 Å². The summed E-state index contributed by atoms with van der Waals surface area (Å²) < 4.78 is 34.2. The summed E-state index contributed by atoms with van der Waals surface area (Å²) in [6.45, 7) is 1.33. The molecular formula is C18H19F2N5O2S. The Morgan fingerprint density at radius 1 is 1.25 bits per heavy atom. The van der Waals surface area contributed by atoms with Gasteiger partial charge in [0.25, 0.3) is 6.43 Å². The van der Waals surface area contributed by atoms with Crippen molar-refractivity contribution >= 4 is 28.6 Å². The highest BCUT2D eigenvalue weighted by Gasteiger charge is 2.26. The molecule has 1 unspecified atom stereocenters. The van der Waals surface area contributed by atoms with Gasteiger partial charge >= 0.3 is 0 Å². The molecule has 1 aromatic carbocycles. The number of hydrogen-bond donors (Lipinski definition) is 1. The first-order valence-electron chi connectivity index (χ1n) is 8.76. The lowest BCUT2D eigenvalue weighted by Crippen LogP contribution is -2.48. The number of aromatic nitrogens is 4. The van der Waals surface area contributed by atoms with Gasteiger partial charge in [-0.15, -0.1) is 0 Å². The molecule has 0 aliphatic carbocycles. The van der Waals surface area contributed by atoms with Crippen molar-refractivity contribution < 1.29 is 18.6 Å². The van der Waals surface area contributed by atoms with Crippen molar-refractivity contribution in [3.05, 3.63) is 36.2 Å². The van der Waals surface area contributed by atoms with Crippen LogP contribution in [-0.4, -0.2) is 63.3 Å². The standard InChI is InChI=1S/C18H19F2N5O2S/c1-28-18-22-14(24-6-7-27-10-11(24)9-26)8-15(23-18)25-13-5-3-2-4-12(13)21-17(25)16(19)20/h2-5,8,11,16,26H,6-7,9-10H2,1H3. The van der Waals surface area contributed by atoms with Crippen LogP contribution < -0.4 is 4.90 Å². The molecular weight excluding hydrogens is 388 g/mol. The summed E-state index contributed by atoms with van der Waals surface area (Å²) in [6, 6.07) is 8.37. The molecule has 0 saturated carbocycles. The molecule has 28 heavy (non-hydrogen) atoms. The van der Waals surface area contributed by atoms with Crippen molar-refractivity contribution in [1.29, 1.82) is 0 Å². The number of fused-ring (bicyclic) bond motifs is 1. The smallest absolute Gasteiger partial charge is 0.296 e. The number of rotatable bonds is 5. The van der Waals surface area contributed by atoms with E-state index in [0.717, 1.165) is 0 Å². The molecule has 1 N–H and O–H groups in total. The molecule has 0 amide bonds. The Hall–Kier alpha value is -2.30. The monoisotopic (exact) mass is 407 g/mol. The fourth-order valence-corrected chi connectivity index (χ4v) is 3.66. The van der Waals surface area contributed by atoms with Crippen LogP contribution in [0.1, 0.15) is 12.2 Å². The summed E-state index contributed by atoms with van der Waals surface area (Å²) in [4.78, 5) is 15.0. The van der Waals surface area contributed by atoms with Gasteiger partial charge in [-0.2, -0.15) is 0 Å². The molecule has 3 aromatic rings. The van der Waals surface area contributed by atoms with E-state index in [0.29, 0.717) is 47.6 Å². The minimum absolute atomic E-state index is 0.0930. The maximum atomic E-state index is 13.7. The highest BCUT2D eigenvalue weighted by atomic mass is 32.2. The van der Waals surface area contributed by atoms with Crippen molar-refractivity contribution in [3.8, 4) is 5.82 Å². The molecule has 10 heteroatoms. The average Bonchev–Trinajstić information content (AvgIpc) is 3.13. The molecule has 0 bridgehead atoms. The summed E-state index contributed by atoms with van der Waals surface area (Å²) in [5, 5.41) is 10.1. The molecule has 3 heterocycles. The number of ether oxygens (including phenoxy) is 1. The summed E-state index contributed by atoms with van der Waals surface area (Å²) in [5.41, 5.74) is 1.03. The maximum Gasteiger partial charge on any atom is 0.296 e. The lowest BCUT2D eigenvalue weighted by atomic mass is 10.2. The summed E-state index contributed by atoms with van der Waals surface area (Å²) in [7, 11) is 0. The van der Waals surface area contributed by atoms with Crippen molar-refractivity contribution in [1.82, 2.24) is 19.5 Å². The number of morpholine rings is 1. The van der Waals surface area contributed by atoms with Crippen molar-refractivity contribution in [2.75, 3.05) is 37.5 Å². The Balaban J connectivity index is 1.89. The van der Waals surface area contributed by atoms with Gasteiger partial charge in [0.2, 0.25) is 0 Å². The van der Waals surface area contributed by atoms with Crippen LogP contribution in [0.5, 0.6) is 0 Å². The fraction of sp³-hybridized carbons (Fsp3) is 0.389. The van der Waals surface area contributed by atoms with Gasteiger partial charge in [-0.1, -0.05) is 23.9 Å². The lowest BCUT2D eigenvalue weighted by molar-refractivity contribution is 0.0722. The van der Waals surface area contributed by atoms with Crippen LogP contribution in [0.4, 0.5) is 14.6 Å². The van der Waals surface area contributed by atoms with E-state index in [2.05, 4.69) is 15.0 Å². The third kappa shape index (κ3) is 3.43. The zero-order chi connectivity index (χ0) is 19.7. The number of para-hydroxylation sites is 2. The number of aliphatic hydroxyl groups excluding tert-OH is 1. The minimum atomic E-state index is -2.75. The van der Waals surface area contributed by atoms with Gasteiger partial charge in [0.05, 0.1) is 36.9 Å². The molecule has 0 spiro atoms. The van der Waals surface area contributed by atoms with Gasteiger partial charge < -0.3 is 14.7 Å². The van der Waals surface area contributed by atoms with Crippen molar-refractivity contribution in [2.45, 2.75) is 17.6 Å². The Kier molecular flexibility index (Phi) is 5.42. The first-order chi connectivity index (χ1) is 13.6. The van der Waals surface area contributed by atoms with E-state index in [1.807, 2.05) is 11.2 Å². The van der Waals surface area contributed by atoms with E-state index in [9.17, 15) is 13.9 Å². The summed E-state index contributed by atoms with van der Waals surface area (Å²) in [5.74, 6) is 0.523. The van der Waals surface area contributed by atoms with E-state index in [-0.39, 0.29) is 18.5 Å². The van der Waals surface area contributed by atoms with E-state index in [4.69, 9.17) is 4.74 Å². The van der Waals surface area contributed by atoms with Gasteiger partial charge in [-0.25, -0.2) is 23.7 Å². The Morgan fingerprint density at radius 2 is 2.04 bits per heavy atom. The predicted molar refractivity (Wildman–Crippen MR) is 102 cm³/mol. The van der Waals surface area contributed by atoms with E-state index < -0.39 is 6.43 Å². The highest BCUT2D eigenvalue weighted by molar-refractivity contribution is 7.98. The Morgan fingerprint density at radius 3 is 2.79 bits per heavy atom. The molecule has 0 radical (unpaired) electrons. The van der Waals surface area contributed by atoms with E-state index in [1.54, 1.807) is 30.3 Å². The van der Waals surface area contributed by atoms with Gasteiger partial charge in [-0.05, 0) is 18.4 Å². The van der Waals surface area contributed by atoms with Crippen LogP contribution in [0.15, 0.2) is 35.5 Å². The maximum absolute atomic E-state index is 13.7. The zero-order valence-electron chi connectivity index (χ0n) is 15.1. The van der Waals surface area contributed by atoms with Gasteiger partial charge in [-0.3, -0.25) is 4.57 Å². The van der Waals surface area contributed by atoms with Crippen LogP contribution in [-0.2, 0) is 4.74 Å². The number of hydrogen-bond acceptors (Lipinski definition) is 7. The second-order valence-electron chi connectivity index (χ2n) is 6.27. The summed E-state index contributed by atoms with van der Waals surface area (Å²) in [6.07, 6.45) is -0.927. The van der Waals surface area contributed by atoms with Crippen LogP contribution >= 0.6 is 11.8 Å². The van der Waals surface area contributed by atoms with Gasteiger partial charge in [0, 0.05) is 12.6 Å². The lowest BCUT2D eigenvalue weighted by Gasteiger charge is -2.35. The highest BCUT2D eigenvalue weighted by Crippen LogP contribution is 2.30. The van der Waals surface area contributed by atoms with Crippen molar-refractivity contribution in [3.63, 3.8) is 0 Å². The molecule has 148 valence electrons. The second-order valence-corrected chi connectivity index (χ2v) is 7.04.